The average molecular weight is 381 g/mol. The second-order valence-electron chi connectivity index (χ2n) is 8.18. The predicted octanol–water partition coefficient (Wildman–Crippen LogP) is 4.64. The molecule has 2 aromatic rings. The maximum atomic E-state index is 12.5. The van der Waals surface area contributed by atoms with Crippen LogP contribution < -0.4 is 10.1 Å². The third-order valence-corrected chi connectivity index (χ3v) is 5.09. The number of piperidine rings is 1. The molecule has 3 rings (SSSR count). The van der Waals surface area contributed by atoms with Crippen molar-refractivity contribution < 1.29 is 9.53 Å². The first-order chi connectivity index (χ1) is 13.5. The van der Waals surface area contributed by atoms with Gasteiger partial charge in [0.05, 0.1) is 6.10 Å². The standard InChI is InChI=1S/C24H32N2O2/c1-18(2)28-23-8-4-7-21(14-23)15-25-24(27)22-11-9-20(10-12-22)17-26-13-5-6-19(3)16-26/h4,7-12,14,18-19H,5-6,13,15-17H2,1-3H3,(H,25,27)/t19-/m1/s1. The molecule has 2 aromatic carbocycles. The Labute approximate surface area is 168 Å². The van der Waals surface area contributed by atoms with E-state index in [1.165, 1.54) is 31.5 Å². The van der Waals surface area contributed by atoms with E-state index < -0.39 is 0 Å². The van der Waals surface area contributed by atoms with Gasteiger partial charge in [0.15, 0.2) is 0 Å². The van der Waals surface area contributed by atoms with E-state index in [1.807, 2.05) is 50.2 Å². The predicted molar refractivity (Wildman–Crippen MR) is 113 cm³/mol. The first kappa shape index (κ1) is 20.4. The number of benzene rings is 2. The molecule has 1 heterocycles. The molecule has 1 N–H and O–H groups in total. The minimum atomic E-state index is -0.0478. The molecule has 0 saturated carbocycles. The number of rotatable bonds is 7. The Kier molecular flexibility index (Phi) is 7.10. The van der Waals surface area contributed by atoms with Crippen molar-refractivity contribution in [2.24, 2.45) is 5.92 Å². The summed E-state index contributed by atoms with van der Waals surface area (Å²) in [6.45, 7) is 10.1. The van der Waals surface area contributed by atoms with Crippen molar-refractivity contribution in [2.45, 2.75) is 52.8 Å². The van der Waals surface area contributed by atoms with E-state index in [0.717, 1.165) is 23.8 Å². The highest BCUT2D eigenvalue weighted by molar-refractivity contribution is 5.94. The van der Waals surface area contributed by atoms with Crippen LogP contribution in [-0.2, 0) is 13.1 Å². The van der Waals surface area contributed by atoms with E-state index in [2.05, 4.69) is 29.3 Å². The first-order valence-electron chi connectivity index (χ1n) is 10.3. The zero-order valence-corrected chi connectivity index (χ0v) is 17.3. The van der Waals surface area contributed by atoms with Gasteiger partial charge in [0.25, 0.3) is 5.91 Å². The van der Waals surface area contributed by atoms with Crippen LogP contribution in [0.5, 0.6) is 5.75 Å². The van der Waals surface area contributed by atoms with Crippen LogP contribution in [-0.4, -0.2) is 30.0 Å². The zero-order valence-electron chi connectivity index (χ0n) is 17.3. The lowest BCUT2D eigenvalue weighted by Crippen LogP contribution is -2.33. The topological polar surface area (TPSA) is 41.6 Å². The number of nitrogens with one attached hydrogen (secondary N) is 1. The molecule has 0 bridgehead atoms. The van der Waals surface area contributed by atoms with E-state index in [0.29, 0.717) is 12.1 Å². The molecular weight excluding hydrogens is 348 g/mol. The lowest BCUT2D eigenvalue weighted by atomic mass is 9.99. The Balaban J connectivity index is 1.52. The van der Waals surface area contributed by atoms with Crippen LogP contribution in [0.3, 0.4) is 0 Å². The van der Waals surface area contributed by atoms with Crippen molar-refractivity contribution in [3.63, 3.8) is 0 Å². The smallest absolute Gasteiger partial charge is 0.251 e. The van der Waals surface area contributed by atoms with Gasteiger partial charge in [-0.2, -0.15) is 0 Å². The Morgan fingerprint density at radius 1 is 1.18 bits per heavy atom. The van der Waals surface area contributed by atoms with Gasteiger partial charge < -0.3 is 10.1 Å². The van der Waals surface area contributed by atoms with Crippen LogP contribution in [0.2, 0.25) is 0 Å². The molecule has 4 heteroatoms. The molecule has 0 unspecified atom stereocenters. The zero-order chi connectivity index (χ0) is 19.9. The Bertz CT molecular complexity index is 770. The quantitative estimate of drug-likeness (QED) is 0.761. The highest BCUT2D eigenvalue weighted by atomic mass is 16.5. The van der Waals surface area contributed by atoms with Crippen LogP contribution in [0.25, 0.3) is 0 Å². The molecule has 28 heavy (non-hydrogen) atoms. The molecule has 1 aliphatic rings. The molecule has 150 valence electrons. The van der Waals surface area contributed by atoms with Gasteiger partial charge in [-0.15, -0.1) is 0 Å². The van der Waals surface area contributed by atoms with Crippen LogP contribution in [0.4, 0.5) is 0 Å². The second kappa shape index (κ2) is 9.74. The van der Waals surface area contributed by atoms with E-state index in [-0.39, 0.29) is 12.0 Å². The maximum Gasteiger partial charge on any atom is 0.251 e. The second-order valence-corrected chi connectivity index (χ2v) is 8.18. The first-order valence-corrected chi connectivity index (χ1v) is 10.3. The number of likely N-dealkylation sites (tertiary alicyclic amines) is 1. The highest BCUT2D eigenvalue weighted by Gasteiger charge is 2.16. The summed E-state index contributed by atoms with van der Waals surface area (Å²) >= 11 is 0. The number of ether oxygens (including phenoxy) is 1. The Morgan fingerprint density at radius 3 is 2.68 bits per heavy atom. The Hall–Kier alpha value is -2.33. The minimum Gasteiger partial charge on any atom is -0.491 e. The summed E-state index contributed by atoms with van der Waals surface area (Å²) in [5.74, 6) is 1.56. The maximum absolute atomic E-state index is 12.5. The average Bonchev–Trinajstić information content (AvgIpc) is 2.66. The third kappa shape index (κ3) is 6.10. The normalized spacial score (nSPS) is 17.5. The molecule has 1 amide bonds. The molecule has 1 fully saturated rings. The molecule has 0 aliphatic carbocycles. The largest absolute Gasteiger partial charge is 0.491 e. The fraction of sp³-hybridized carbons (Fsp3) is 0.458. The summed E-state index contributed by atoms with van der Waals surface area (Å²) in [6.07, 6.45) is 2.75. The highest BCUT2D eigenvalue weighted by Crippen LogP contribution is 2.18. The van der Waals surface area contributed by atoms with Crippen LogP contribution >= 0.6 is 0 Å². The number of carbonyl (C=O) groups is 1. The number of hydrogen-bond donors (Lipinski definition) is 1. The van der Waals surface area contributed by atoms with E-state index in [9.17, 15) is 4.79 Å². The number of hydrogen-bond acceptors (Lipinski definition) is 3. The molecular formula is C24H32N2O2. The van der Waals surface area contributed by atoms with Crippen molar-refractivity contribution in [1.29, 1.82) is 0 Å². The van der Waals surface area contributed by atoms with Crippen molar-refractivity contribution >= 4 is 5.91 Å². The van der Waals surface area contributed by atoms with Gasteiger partial charge in [-0.25, -0.2) is 0 Å². The van der Waals surface area contributed by atoms with Crippen molar-refractivity contribution in [2.75, 3.05) is 13.1 Å². The summed E-state index contributed by atoms with van der Waals surface area (Å²) < 4.78 is 5.71. The van der Waals surface area contributed by atoms with Gasteiger partial charge in [-0.3, -0.25) is 9.69 Å². The summed E-state index contributed by atoms with van der Waals surface area (Å²) in [6, 6.07) is 15.9. The van der Waals surface area contributed by atoms with Gasteiger partial charge in [0, 0.05) is 25.2 Å². The fourth-order valence-corrected chi connectivity index (χ4v) is 3.74. The van der Waals surface area contributed by atoms with Crippen molar-refractivity contribution in [3.8, 4) is 5.75 Å². The van der Waals surface area contributed by atoms with Gasteiger partial charge in [0.2, 0.25) is 0 Å². The van der Waals surface area contributed by atoms with E-state index >= 15 is 0 Å². The third-order valence-electron chi connectivity index (χ3n) is 5.09. The fourth-order valence-electron chi connectivity index (χ4n) is 3.74. The summed E-state index contributed by atoms with van der Waals surface area (Å²) in [7, 11) is 0. The monoisotopic (exact) mass is 380 g/mol. The molecule has 1 saturated heterocycles. The molecule has 1 atom stereocenters. The summed E-state index contributed by atoms with van der Waals surface area (Å²) in [5, 5.41) is 3.00. The lowest BCUT2D eigenvalue weighted by molar-refractivity contribution is 0.0950. The van der Waals surface area contributed by atoms with E-state index in [4.69, 9.17) is 4.74 Å². The van der Waals surface area contributed by atoms with Gasteiger partial charge in [0.1, 0.15) is 5.75 Å². The van der Waals surface area contributed by atoms with Crippen LogP contribution in [0, 0.1) is 5.92 Å². The van der Waals surface area contributed by atoms with Gasteiger partial charge in [-0.1, -0.05) is 31.2 Å². The summed E-state index contributed by atoms with van der Waals surface area (Å²) in [5.41, 5.74) is 3.00. The lowest BCUT2D eigenvalue weighted by Gasteiger charge is -2.30. The molecule has 0 aromatic heterocycles. The van der Waals surface area contributed by atoms with Crippen molar-refractivity contribution in [3.05, 3.63) is 65.2 Å². The van der Waals surface area contributed by atoms with E-state index in [1.54, 1.807) is 0 Å². The van der Waals surface area contributed by atoms with Crippen LogP contribution in [0.1, 0.15) is 55.1 Å². The Morgan fingerprint density at radius 2 is 1.96 bits per heavy atom. The minimum absolute atomic E-state index is 0.0478. The molecule has 4 nitrogen and oxygen atoms in total. The van der Waals surface area contributed by atoms with Gasteiger partial charge >= 0.3 is 0 Å². The molecule has 0 spiro atoms. The number of carbonyl (C=O) groups excluding carboxylic acids is 1. The number of nitrogens with zero attached hydrogens (tertiary/aromatic N) is 1. The molecule has 0 radical (unpaired) electrons. The summed E-state index contributed by atoms with van der Waals surface area (Å²) in [4.78, 5) is 15.0. The number of amides is 1. The molecule has 1 aliphatic heterocycles. The van der Waals surface area contributed by atoms with Crippen LogP contribution in [0.15, 0.2) is 48.5 Å². The SMILES string of the molecule is CC(C)Oc1cccc(CNC(=O)c2ccc(CN3CCC[C@@H](C)C3)cc2)c1. The van der Waals surface area contributed by atoms with Gasteiger partial charge in [-0.05, 0) is 74.5 Å². The van der Waals surface area contributed by atoms with Crippen molar-refractivity contribution in [1.82, 2.24) is 10.2 Å².